The van der Waals surface area contributed by atoms with Gasteiger partial charge in [0.2, 0.25) is 0 Å². The summed E-state index contributed by atoms with van der Waals surface area (Å²) in [6.07, 6.45) is 1.66. The largest absolute Gasteiger partial charge is 0.497 e. The van der Waals surface area contributed by atoms with Gasteiger partial charge in [-0.3, -0.25) is 4.21 Å². The van der Waals surface area contributed by atoms with Crippen molar-refractivity contribution >= 4 is 10.8 Å². The van der Waals surface area contributed by atoms with E-state index >= 15 is 0 Å². The highest BCUT2D eigenvalue weighted by Gasteiger charge is 2.14. The van der Waals surface area contributed by atoms with Crippen molar-refractivity contribution in [3.63, 3.8) is 0 Å². The van der Waals surface area contributed by atoms with E-state index in [-0.39, 0.29) is 17.9 Å². The molecule has 1 aromatic rings. The van der Waals surface area contributed by atoms with Gasteiger partial charge in [-0.05, 0) is 19.9 Å². The van der Waals surface area contributed by atoms with Crippen molar-refractivity contribution in [3.8, 4) is 5.75 Å². The molecule has 1 rings (SSSR count). The van der Waals surface area contributed by atoms with Crippen molar-refractivity contribution in [2.45, 2.75) is 25.9 Å². The van der Waals surface area contributed by atoms with Crippen molar-refractivity contribution < 1.29 is 13.3 Å². The number of hydrogen-bond acceptors (Lipinski definition) is 3. The number of nitrogens with one attached hydrogen (secondary N) is 1. The second-order valence-corrected chi connectivity index (χ2v) is 5.90. The molecule has 5 heteroatoms. The standard InChI is InChI=1S/C13H20FNO2S/c1-9(8-18(4)16)15-10(2)12-6-5-11(17-3)7-13(12)14/h5-7,9-10,15H,8H2,1-4H3. The van der Waals surface area contributed by atoms with E-state index in [9.17, 15) is 8.60 Å². The maximum Gasteiger partial charge on any atom is 0.131 e. The van der Waals surface area contributed by atoms with Crippen LogP contribution in [0.15, 0.2) is 18.2 Å². The molecule has 0 bridgehead atoms. The van der Waals surface area contributed by atoms with Crippen LogP contribution >= 0.6 is 0 Å². The Kier molecular flexibility index (Phi) is 5.75. The minimum atomic E-state index is -0.855. The van der Waals surface area contributed by atoms with E-state index < -0.39 is 10.8 Å². The van der Waals surface area contributed by atoms with Gasteiger partial charge in [-0.25, -0.2) is 4.39 Å². The van der Waals surface area contributed by atoms with Crippen LogP contribution in [0.2, 0.25) is 0 Å². The van der Waals surface area contributed by atoms with Crippen LogP contribution < -0.4 is 10.1 Å². The number of benzene rings is 1. The summed E-state index contributed by atoms with van der Waals surface area (Å²) in [6.45, 7) is 3.83. The number of rotatable bonds is 6. The number of ether oxygens (including phenoxy) is 1. The molecule has 1 N–H and O–H groups in total. The second-order valence-electron chi connectivity index (χ2n) is 4.42. The highest BCUT2D eigenvalue weighted by Crippen LogP contribution is 2.22. The van der Waals surface area contributed by atoms with Crippen molar-refractivity contribution in [2.75, 3.05) is 19.1 Å². The third-order valence-corrected chi connectivity index (χ3v) is 3.66. The lowest BCUT2D eigenvalue weighted by molar-refractivity contribution is 0.409. The van der Waals surface area contributed by atoms with Crippen LogP contribution in [-0.2, 0) is 10.8 Å². The molecule has 0 spiro atoms. The molecule has 0 amide bonds. The molecule has 0 aromatic heterocycles. The summed E-state index contributed by atoms with van der Waals surface area (Å²) in [5.74, 6) is 0.771. The molecule has 3 unspecified atom stereocenters. The zero-order valence-corrected chi connectivity index (χ0v) is 12.0. The summed E-state index contributed by atoms with van der Waals surface area (Å²) in [6, 6.07) is 4.76. The molecule has 3 nitrogen and oxygen atoms in total. The third-order valence-electron chi connectivity index (χ3n) is 2.69. The first-order valence-electron chi connectivity index (χ1n) is 5.83. The molecule has 0 fully saturated rings. The number of halogens is 1. The van der Waals surface area contributed by atoms with Gasteiger partial charge in [0.1, 0.15) is 11.6 Å². The first kappa shape index (κ1) is 15.1. The van der Waals surface area contributed by atoms with Gasteiger partial charge in [0.25, 0.3) is 0 Å². The SMILES string of the molecule is COc1ccc(C(C)NC(C)CS(C)=O)c(F)c1. The van der Waals surface area contributed by atoms with Gasteiger partial charge in [0.15, 0.2) is 0 Å². The zero-order valence-electron chi connectivity index (χ0n) is 11.2. The van der Waals surface area contributed by atoms with Gasteiger partial charge >= 0.3 is 0 Å². The Balaban J connectivity index is 2.72. The van der Waals surface area contributed by atoms with Gasteiger partial charge in [0.05, 0.1) is 7.11 Å². The lowest BCUT2D eigenvalue weighted by atomic mass is 10.1. The average Bonchev–Trinajstić information content (AvgIpc) is 2.27. The Morgan fingerprint density at radius 2 is 2.11 bits per heavy atom. The van der Waals surface area contributed by atoms with Crippen molar-refractivity contribution in [1.82, 2.24) is 5.32 Å². The van der Waals surface area contributed by atoms with Crippen LogP contribution in [-0.4, -0.2) is 29.4 Å². The van der Waals surface area contributed by atoms with E-state index in [2.05, 4.69) is 5.32 Å². The van der Waals surface area contributed by atoms with E-state index in [0.29, 0.717) is 17.1 Å². The summed E-state index contributed by atoms with van der Waals surface area (Å²) in [7, 11) is 0.654. The van der Waals surface area contributed by atoms with Crippen molar-refractivity contribution in [1.29, 1.82) is 0 Å². The van der Waals surface area contributed by atoms with Crippen molar-refractivity contribution in [2.24, 2.45) is 0 Å². The predicted molar refractivity (Wildman–Crippen MR) is 72.9 cm³/mol. The Bertz CT molecular complexity index is 425. The molecule has 0 aliphatic carbocycles. The fourth-order valence-corrected chi connectivity index (χ4v) is 2.70. The zero-order chi connectivity index (χ0) is 13.7. The molecule has 1 aromatic carbocycles. The van der Waals surface area contributed by atoms with Gasteiger partial charge < -0.3 is 10.1 Å². The molecule has 0 saturated heterocycles. The van der Waals surface area contributed by atoms with Crippen LogP contribution in [0.3, 0.4) is 0 Å². The van der Waals surface area contributed by atoms with Crippen LogP contribution in [0.4, 0.5) is 4.39 Å². The van der Waals surface area contributed by atoms with E-state index in [1.165, 1.54) is 13.2 Å². The topological polar surface area (TPSA) is 38.3 Å². The normalized spacial score (nSPS) is 16.1. The number of methoxy groups -OCH3 is 1. The lowest BCUT2D eigenvalue weighted by Crippen LogP contribution is -2.33. The highest BCUT2D eigenvalue weighted by atomic mass is 32.2. The maximum atomic E-state index is 13.8. The molecule has 3 atom stereocenters. The van der Waals surface area contributed by atoms with Crippen LogP contribution in [0.5, 0.6) is 5.75 Å². The Morgan fingerprint density at radius 1 is 1.44 bits per heavy atom. The molecule has 0 heterocycles. The van der Waals surface area contributed by atoms with E-state index in [4.69, 9.17) is 4.74 Å². The second kappa shape index (κ2) is 6.85. The monoisotopic (exact) mass is 273 g/mol. The fraction of sp³-hybridized carbons (Fsp3) is 0.538. The van der Waals surface area contributed by atoms with Gasteiger partial charge in [-0.15, -0.1) is 0 Å². The van der Waals surface area contributed by atoms with Gasteiger partial charge in [-0.2, -0.15) is 0 Å². The summed E-state index contributed by atoms with van der Waals surface area (Å²) < 4.78 is 29.9. The van der Waals surface area contributed by atoms with Gasteiger partial charge in [0, 0.05) is 46.5 Å². The lowest BCUT2D eigenvalue weighted by Gasteiger charge is -2.20. The summed E-state index contributed by atoms with van der Waals surface area (Å²) in [5.41, 5.74) is 0.588. The molecular weight excluding hydrogens is 253 g/mol. The Labute approximate surface area is 110 Å². The molecule has 0 aliphatic heterocycles. The van der Waals surface area contributed by atoms with Crippen LogP contribution in [0.1, 0.15) is 25.5 Å². The molecule has 18 heavy (non-hydrogen) atoms. The van der Waals surface area contributed by atoms with Gasteiger partial charge in [-0.1, -0.05) is 6.07 Å². The highest BCUT2D eigenvalue weighted by molar-refractivity contribution is 7.84. The first-order chi connectivity index (χ1) is 8.43. The molecule has 102 valence electrons. The third kappa shape index (κ3) is 4.38. The van der Waals surface area contributed by atoms with E-state index in [0.717, 1.165) is 0 Å². The summed E-state index contributed by atoms with van der Waals surface area (Å²) in [4.78, 5) is 0. The quantitative estimate of drug-likeness (QED) is 0.864. The Morgan fingerprint density at radius 3 is 2.61 bits per heavy atom. The maximum absolute atomic E-state index is 13.8. The predicted octanol–water partition coefficient (Wildman–Crippen LogP) is 2.25. The molecule has 0 saturated carbocycles. The molecular formula is C13H20FNO2S. The molecule has 0 radical (unpaired) electrons. The van der Waals surface area contributed by atoms with Crippen LogP contribution in [0, 0.1) is 5.82 Å². The smallest absolute Gasteiger partial charge is 0.131 e. The van der Waals surface area contributed by atoms with Crippen LogP contribution in [0.25, 0.3) is 0 Å². The summed E-state index contributed by atoms with van der Waals surface area (Å²) >= 11 is 0. The Hall–Kier alpha value is -0.940. The van der Waals surface area contributed by atoms with E-state index in [1.54, 1.807) is 18.4 Å². The average molecular weight is 273 g/mol. The minimum absolute atomic E-state index is 0.0762. The first-order valence-corrected chi connectivity index (χ1v) is 7.56. The fourth-order valence-electron chi connectivity index (χ4n) is 1.90. The van der Waals surface area contributed by atoms with E-state index in [1.807, 2.05) is 13.8 Å². The van der Waals surface area contributed by atoms with Crippen molar-refractivity contribution in [3.05, 3.63) is 29.6 Å². The minimum Gasteiger partial charge on any atom is -0.497 e. The molecule has 0 aliphatic rings. The number of hydrogen-bond donors (Lipinski definition) is 1. The summed E-state index contributed by atoms with van der Waals surface area (Å²) in [5, 5.41) is 3.23.